The normalized spacial score (nSPS) is 19.8. The second-order valence-corrected chi connectivity index (χ2v) is 7.63. The Balaban J connectivity index is 1.28. The van der Waals surface area contributed by atoms with E-state index in [1.54, 1.807) is 4.68 Å². The van der Waals surface area contributed by atoms with Gasteiger partial charge in [0.25, 0.3) is 0 Å². The van der Waals surface area contributed by atoms with E-state index in [-0.39, 0.29) is 17.8 Å². The maximum absolute atomic E-state index is 12.4. The van der Waals surface area contributed by atoms with Gasteiger partial charge < -0.3 is 10.6 Å². The van der Waals surface area contributed by atoms with E-state index in [9.17, 15) is 9.59 Å². The second kappa shape index (κ2) is 8.60. The highest BCUT2D eigenvalue weighted by Gasteiger charge is 2.22. The maximum atomic E-state index is 12.4. The molecule has 1 unspecified atom stereocenters. The Morgan fingerprint density at radius 3 is 2.79 bits per heavy atom. The molecule has 150 valence electrons. The number of carbonyl (C=O) groups excluding carboxylic acids is 1. The summed E-state index contributed by atoms with van der Waals surface area (Å²) in [6.45, 7) is 3.95. The van der Waals surface area contributed by atoms with Crippen LogP contribution in [-0.4, -0.2) is 51.0 Å². The van der Waals surface area contributed by atoms with Crippen LogP contribution < -0.4 is 16.3 Å². The minimum Gasteiger partial charge on any atom is -0.334 e. The molecule has 3 heterocycles. The summed E-state index contributed by atoms with van der Waals surface area (Å²) in [5.74, 6) is 0.923. The number of rotatable bonds is 5. The van der Waals surface area contributed by atoms with E-state index < -0.39 is 0 Å². The van der Waals surface area contributed by atoms with Crippen molar-refractivity contribution < 1.29 is 4.79 Å². The smallest absolute Gasteiger partial charge is 0.334 e. The molecule has 4 rings (SSSR count). The monoisotopic (exact) mass is 384 g/mol. The predicted molar refractivity (Wildman–Crippen MR) is 107 cm³/mol. The lowest BCUT2D eigenvalue weighted by molar-refractivity contribution is 0.182. The number of nitrogens with one attached hydrogen (secondary N) is 2. The van der Waals surface area contributed by atoms with Gasteiger partial charge in [-0.1, -0.05) is 18.2 Å². The molecular formula is C20H28N6O2. The Labute approximate surface area is 164 Å². The minimum atomic E-state index is -0.170. The van der Waals surface area contributed by atoms with E-state index in [0.29, 0.717) is 6.54 Å². The number of aryl methyl sites for hydroxylation is 1. The molecule has 8 heteroatoms. The van der Waals surface area contributed by atoms with Gasteiger partial charge in [-0.3, -0.25) is 9.47 Å². The number of para-hydroxylation sites is 1. The number of nitrogens with zero attached hydrogens (tertiary/aromatic N) is 4. The standard InChI is InChI=1S/C20H28N6O2/c27-19(21-16-7-2-1-3-8-16)22-17-9-6-11-24(15-17)13-14-26-20(28)25-12-5-4-10-18(25)23-26/h1-3,7-8,17H,4-6,9-15H2,(H2,21,22,27). The van der Waals surface area contributed by atoms with Crippen LogP contribution in [0.3, 0.4) is 0 Å². The zero-order valence-electron chi connectivity index (χ0n) is 16.1. The number of hydrogen-bond acceptors (Lipinski definition) is 4. The molecule has 1 aromatic carbocycles. The number of hydrogen-bond donors (Lipinski definition) is 2. The Bertz CT molecular complexity index is 859. The Morgan fingerprint density at radius 2 is 1.96 bits per heavy atom. The Morgan fingerprint density at radius 1 is 1.11 bits per heavy atom. The van der Waals surface area contributed by atoms with Crippen molar-refractivity contribution in [2.45, 2.75) is 51.2 Å². The van der Waals surface area contributed by atoms with Gasteiger partial charge in [0.05, 0.1) is 6.54 Å². The van der Waals surface area contributed by atoms with Crippen molar-refractivity contribution in [3.63, 3.8) is 0 Å². The van der Waals surface area contributed by atoms with Crippen LogP contribution >= 0.6 is 0 Å². The van der Waals surface area contributed by atoms with Crippen molar-refractivity contribution >= 4 is 11.7 Å². The molecule has 0 bridgehead atoms. The highest BCUT2D eigenvalue weighted by atomic mass is 16.2. The Kier molecular flexibility index (Phi) is 5.76. The van der Waals surface area contributed by atoms with Crippen LogP contribution in [0.5, 0.6) is 0 Å². The van der Waals surface area contributed by atoms with Crippen LogP contribution in [0.15, 0.2) is 35.1 Å². The number of anilines is 1. The fraction of sp³-hybridized carbons (Fsp3) is 0.550. The zero-order chi connectivity index (χ0) is 19.3. The lowest BCUT2D eigenvalue weighted by Crippen LogP contribution is -2.49. The van der Waals surface area contributed by atoms with Crippen molar-refractivity contribution in [1.82, 2.24) is 24.6 Å². The lowest BCUT2D eigenvalue weighted by Gasteiger charge is -2.32. The number of aromatic nitrogens is 3. The third-order valence-electron chi connectivity index (χ3n) is 5.53. The lowest BCUT2D eigenvalue weighted by atomic mass is 10.1. The third-order valence-corrected chi connectivity index (χ3v) is 5.53. The molecule has 2 N–H and O–H groups in total. The van der Waals surface area contributed by atoms with Gasteiger partial charge in [-0.2, -0.15) is 5.10 Å². The van der Waals surface area contributed by atoms with Gasteiger partial charge in [0.1, 0.15) is 5.82 Å². The summed E-state index contributed by atoms with van der Waals surface area (Å²) in [5, 5.41) is 10.4. The first-order valence-corrected chi connectivity index (χ1v) is 10.2. The van der Waals surface area contributed by atoms with Crippen LogP contribution in [0.2, 0.25) is 0 Å². The van der Waals surface area contributed by atoms with Gasteiger partial charge in [-0.15, -0.1) is 0 Å². The number of piperidine rings is 1. The van der Waals surface area contributed by atoms with E-state index in [2.05, 4.69) is 20.6 Å². The number of benzene rings is 1. The largest absolute Gasteiger partial charge is 0.345 e. The summed E-state index contributed by atoms with van der Waals surface area (Å²) in [4.78, 5) is 27.0. The summed E-state index contributed by atoms with van der Waals surface area (Å²) in [5.41, 5.74) is 0.805. The van der Waals surface area contributed by atoms with Gasteiger partial charge in [0.15, 0.2) is 0 Å². The molecule has 2 aliphatic heterocycles. The number of urea groups is 1. The summed E-state index contributed by atoms with van der Waals surface area (Å²) in [7, 11) is 0. The molecule has 0 aliphatic carbocycles. The van der Waals surface area contributed by atoms with Crippen molar-refractivity contribution in [2.24, 2.45) is 0 Å². The molecule has 1 saturated heterocycles. The first kappa shape index (κ1) is 18.7. The van der Waals surface area contributed by atoms with E-state index in [1.807, 2.05) is 34.9 Å². The molecule has 0 spiro atoms. The van der Waals surface area contributed by atoms with Crippen LogP contribution in [0, 0.1) is 0 Å². The molecule has 1 aromatic heterocycles. The molecule has 0 saturated carbocycles. The fourth-order valence-corrected chi connectivity index (χ4v) is 4.08. The van der Waals surface area contributed by atoms with Gasteiger partial charge in [-0.25, -0.2) is 14.3 Å². The minimum absolute atomic E-state index is 0.0172. The average molecular weight is 384 g/mol. The number of fused-ring (bicyclic) bond motifs is 1. The first-order valence-electron chi connectivity index (χ1n) is 10.2. The highest BCUT2D eigenvalue weighted by molar-refractivity contribution is 5.89. The van der Waals surface area contributed by atoms with Crippen molar-refractivity contribution in [3.05, 3.63) is 46.6 Å². The second-order valence-electron chi connectivity index (χ2n) is 7.63. The quantitative estimate of drug-likeness (QED) is 0.821. The van der Waals surface area contributed by atoms with Crippen molar-refractivity contribution in [2.75, 3.05) is 25.0 Å². The molecule has 2 aromatic rings. The van der Waals surface area contributed by atoms with Gasteiger partial charge in [0.2, 0.25) is 0 Å². The molecule has 28 heavy (non-hydrogen) atoms. The Hall–Kier alpha value is -2.61. The predicted octanol–water partition coefficient (Wildman–Crippen LogP) is 1.67. The van der Waals surface area contributed by atoms with E-state index in [1.165, 1.54) is 0 Å². The first-order chi connectivity index (χ1) is 13.7. The van der Waals surface area contributed by atoms with E-state index in [0.717, 1.165) is 69.8 Å². The summed E-state index contributed by atoms with van der Waals surface area (Å²) >= 11 is 0. The zero-order valence-corrected chi connectivity index (χ0v) is 16.1. The fourth-order valence-electron chi connectivity index (χ4n) is 4.08. The topological polar surface area (TPSA) is 84.2 Å². The van der Waals surface area contributed by atoms with Gasteiger partial charge in [-0.05, 0) is 44.4 Å². The number of amides is 2. The summed E-state index contributed by atoms with van der Waals surface area (Å²) in [6.07, 6.45) is 5.07. The third kappa shape index (κ3) is 4.44. The van der Waals surface area contributed by atoms with Crippen molar-refractivity contribution in [1.29, 1.82) is 0 Å². The molecule has 8 nitrogen and oxygen atoms in total. The van der Waals surface area contributed by atoms with E-state index >= 15 is 0 Å². The summed E-state index contributed by atoms with van der Waals surface area (Å²) < 4.78 is 3.43. The molecular weight excluding hydrogens is 356 g/mol. The molecule has 0 radical (unpaired) electrons. The molecule has 2 amide bonds. The van der Waals surface area contributed by atoms with Gasteiger partial charge in [0, 0.05) is 37.8 Å². The van der Waals surface area contributed by atoms with Crippen LogP contribution in [0.4, 0.5) is 10.5 Å². The summed E-state index contributed by atoms with van der Waals surface area (Å²) in [6, 6.07) is 9.40. The number of likely N-dealkylation sites (tertiary alicyclic amines) is 1. The van der Waals surface area contributed by atoms with Gasteiger partial charge >= 0.3 is 11.7 Å². The average Bonchev–Trinajstić information content (AvgIpc) is 3.03. The maximum Gasteiger partial charge on any atom is 0.345 e. The molecule has 2 aliphatic rings. The highest BCUT2D eigenvalue weighted by Crippen LogP contribution is 2.12. The van der Waals surface area contributed by atoms with Crippen molar-refractivity contribution in [3.8, 4) is 0 Å². The van der Waals surface area contributed by atoms with Crippen LogP contribution in [-0.2, 0) is 19.5 Å². The number of carbonyl (C=O) groups is 1. The molecule has 1 atom stereocenters. The molecule has 1 fully saturated rings. The van der Waals surface area contributed by atoms with Crippen LogP contribution in [0.1, 0.15) is 31.5 Å². The van der Waals surface area contributed by atoms with Crippen LogP contribution in [0.25, 0.3) is 0 Å². The van der Waals surface area contributed by atoms with E-state index in [4.69, 9.17) is 0 Å². The SMILES string of the molecule is O=C(Nc1ccccc1)NC1CCCN(CCn2nc3n(c2=O)CCCC3)C1.